The Hall–Kier alpha value is -2.93. The Balaban J connectivity index is 2.11. The van der Waals surface area contributed by atoms with Gasteiger partial charge in [-0.1, -0.05) is 12.1 Å². The van der Waals surface area contributed by atoms with Crippen LogP contribution in [0.15, 0.2) is 48.9 Å². The third kappa shape index (κ3) is 2.06. The van der Waals surface area contributed by atoms with Crippen molar-refractivity contribution in [1.29, 1.82) is 5.26 Å². The minimum absolute atomic E-state index is 0.563. The highest BCUT2D eigenvalue weighted by Gasteiger charge is 2.08. The summed E-state index contributed by atoms with van der Waals surface area (Å²) in [5.74, 6) is 0.573. The predicted octanol–water partition coefficient (Wildman–Crippen LogP) is 3.55. The summed E-state index contributed by atoms with van der Waals surface area (Å²) < 4.78 is 0. The number of aryl methyl sites for hydroxylation is 1. The molecule has 4 heteroatoms. The SMILES string of the molecule is Cc1ccnc(Nc2cccc3ccncc23)c1C#N. The monoisotopic (exact) mass is 260 g/mol. The Morgan fingerprint density at radius 3 is 2.90 bits per heavy atom. The molecular weight excluding hydrogens is 248 g/mol. The average Bonchev–Trinajstić information content (AvgIpc) is 2.48. The normalized spacial score (nSPS) is 10.2. The van der Waals surface area contributed by atoms with E-state index in [1.165, 1.54) is 0 Å². The van der Waals surface area contributed by atoms with Crippen LogP contribution in [0.4, 0.5) is 11.5 Å². The zero-order valence-electron chi connectivity index (χ0n) is 11.0. The molecule has 0 aliphatic rings. The molecule has 0 fully saturated rings. The molecule has 0 saturated heterocycles. The van der Waals surface area contributed by atoms with E-state index in [0.29, 0.717) is 11.4 Å². The van der Waals surface area contributed by atoms with Crippen molar-refractivity contribution in [2.24, 2.45) is 0 Å². The van der Waals surface area contributed by atoms with E-state index in [9.17, 15) is 5.26 Å². The fourth-order valence-electron chi connectivity index (χ4n) is 2.14. The van der Waals surface area contributed by atoms with Gasteiger partial charge >= 0.3 is 0 Å². The molecule has 0 unspecified atom stereocenters. The Kier molecular flexibility index (Phi) is 3.02. The van der Waals surface area contributed by atoms with Crippen molar-refractivity contribution < 1.29 is 0 Å². The van der Waals surface area contributed by atoms with Crippen molar-refractivity contribution in [3.05, 3.63) is 60.0 Å². The van der Waals surface area contributed by atoms with E-state index in [2.05, 4.69) is 21.4 Å². The highest BCUT2D eigenvalue weighted by atomic mass is 15.0. The summed E-state index contributed by atoms with van der Waals surface area (Å²) in [5, 5.41) is 14.6. The fourth-order valence-corrected chi connectivity index (χ4v) is 2.14. The molecule has 4 nitrogen and oxygen atoms in total. The van der Waals surface area contributed by atoms with Crippen molar-refractivity contribution in [2.45, 2.75) is 6.92 Å². The number of aromatic nitrogens is 2. The molecule has 0 aliphatic carbocycles. The van der Waals surface area contributed by atoms with Crippen LogP contribution in [0.5, 0.6) is 0 Å². The first-order valence-electron chi connectivity index (χ1n) is 6.25. The predicted molar refractivity (Wildman–Crippen MR) is 78.7 cm³/mol. The van der Waals surface area contributed by atoms with Crippen molar-refractivity contribution >= 4 is 22.3 Å². The van der Waals surface area contributed by atoms with E-state index in [-0.39, 0.29) is 0 Å². The van der Waals surface area contributed by atoms with Gasteiger partial charge < -0.3 is 5.32 Å². The molecule has 0 atom stereocenters. The van der Waals surface area contributed by atoms with Gasteiger partial charge in [-0.2, -0.15) is 5.26 Å². The van der Waals surface area contributed by atoms with Crippen molar-refractivity contribution in [1.82, 2.24) is 9.97 Å². The molecule has 20 heavy (non-hydrogen) atoms. The molecule has 0 saturated carbocycles. The number of hydrogen-bond donors (Lipinski definition) is 1. The van der Waals surface area contributed by atoms with Crippen LogP contribution in [0.25, 0.3) is 10.8 Å². The summed E-state index contributed by atoms with van der Waals surface area (Å²) in [4.78, 5) is 8.41. The van der Waals surface area contributed by atoms with Crippen LogP contribution in [0.3, 0.4) is 0 Å². The summed E-state index contributed by atoms with van der Waals surface area (Å²) in [5.41, 5.74) is 2.36. The van der Waals surface area contributed by atoms with E-state index >= 15 is 0 Å². The Morgan fingerprint density at radius 1 is 1.15 bits per heavy atom. The number of anilines is 2. The molecule has 1 aromatic carbocycles. The van der Waals surface area contributed by atoms with Crippen LogP contribution < -0.4 is 5.32 Å². The lowest BCUT2D eigenvalue weighted by atomic mass is 10.1. The molecule has 0 spiro atoms. The van der Waals surface area contributed by atoms with Crippen molar-refractivity contribution in [3.8, 4) is 6.07 Å². The van der Waals surface area contributed by atoms with E-state index in [1.54, 1.807) is 18.6 Å². The minimum Gasteiger partial charge on any atom is -0.339 e. The van der Waals surface area contributed by atoms with Gasteiger partial charge in [-0.3, -0.25) is 4.98 Å². The molecule has 0 aliphatic heterocycles. The van der Waals surface area contributed by atoms with Gasteiger partial charge in [0.2, 0.25) is 0 Å². The first-order chi connectivity index (χ1) is 9.79. The molecule has 0 bridgehead atoms. The molecular formula is C16H12N4. The van der Waals surface area contributed by atoms with Gasteiger partial charge in [-0.05, 0) is 36.1 Å². The largest absolute Gasteiger partial charge is 0.339 e. The van der Waals surface area contributed by atoms with Crippen LogP contribution in [0.1, 0.15) is 11.1 Å². The van der Waals surface area contributed by atoms with E-state index in [4.69, 9.17) is 0 Å². The number of nitriles is 1. The maximum Gasteiger partial charge on any atom is 0.148 e. The number of benzene rings is 1. The number of rotatable bonds is 2. The van der Waals surface area contributed by atoms with Gasteiger partial charge in [0.1, 0.15) is 11.9 Å². The van der Waals surface area contributed by atoms with Gasteiger partial charge in [0.15, 0.2) is 0 Å². The number of hydrogen-bond acceptors (Lipinski definition) is 4. The van der Waals surface area contributed by atoms with Crippen LogP contribution >= 0.6 is 0 Å². The molecule has 96 valence electrons. The lowest BCUT2D eigenvalue weighted by molar-refractivity contribution is 1.25. The second-order valence-electron chi connectivity index (χ2n) is 4.49. The summed E-state index contributed by atoms with van der Waals surface area (Å²) in [6.07, 6.45) is 5.26. The molecule has 2 aromatic heterocycles. The number of pyridine rings is 2. The van der Waals surface area contributed by atoms with Crippen molar-refractivity contribution in [2.75, 3.05) is 5.32 Å². The smallest absolute Gasteiger partial charge is 0.148 e. The number of nitrogens with zero attached hydrogens (tertiary/aromatic N) is 3. The molecule has 3 aromatic rings. The Morgan fingerprint density at radius 2 is 2.05 bits per heavy atom. The van der Waals surface area contributed by atoms with Gasteiger partial charge in [-0.25, -0.2) is 4.98 Å². The average molecular weight is 260 g/mol. The zero-order valence-corrected chi connectivity index (χ0v) is 11.0. The summed E-state index contributed by atoms with van der Waals surface area (Å²) in [6, 6.07) is 11.9. The summed E-state index contributed by atoms with van der Waals surface area (Å²) in [6.45, 7) is 1.90. The Labute approximate surface area is 116 Å². The van der Waals surface area contributed by atoms with Gasteiger partial charge in [0.25, 0.3) is 0 Å². The molecule has 3 rings (SSSR count). The summed E-state index contributed by atoms with van der Waals surface area (Å²) in [7, 11) is 0. The van der Waals surface area contributed by atoms with Gasteiger partial charge in [0, 0.05) is 29.7 Å². The van der Waals surface area contributed by atoms with Crippen molar-refractivity contribution in [3.63, 3.8) is 0 Å². The quantitative estimate of drug-likeness (QED) is 0.765. The van der Waals surface area contributed by atoms with Crippen LogP contribution in [0, 0.1) is 18.3 Å². The fraction of sp³-hybridized carbons (Fsp3) is 0.0625. The second kappa shape index (κ2) is 4.98. The highest BCUT2D eigenvalue weighted by molar-refractivity contribution is 5.94. The second-order valence-corrected chi connectivity index (χ2v) is 4.49. The number of fused-ring (bicyclic) bond motifs is 1. The third-order valence-electron chi connectivity index (χ3n) is 3.21. The molecule has 0 amide bonds. The number of nitrogens with one attached hydrogen (secondary N) is 1. The standard InChI is InChI=1S/C16H12N4/c1-11-5-8-19-16(13(11)9-17)20-15-4-2-3-12-6-7-18-10-14(12)15/h2-8,10H,1H3,(H,19,20). The van der Waals surface area contributed by atoms with Crippen LogP contribution in [-0.4, -0.2) is 9.97 Å². The van der Waals surface area contributed by atoms with E-state index in [0.717, 1.165) is 22.0 Å². The van der Waals surface area contributed by atoms with Gasteiger partial charge in [-0.15, -0.1) is 0 Å². The zero-order chi connectivity index (χ0) is 13.9. The maximum absolute atomic E-state index is 9.25. The first-order valence-corrected chi connectivity index (χ1v) is 6.25. The Bertz CT molecular complexity index is 813. The van der Waals surface area contributed by atoms with E-state index in [1.807, 2.05) is 37.3 Å². The lowest BCUT2D eigenvalue weighted by Gasteiger charge is -2.10. The maximum atomic E-state index is 9.25. The topological polar surface area (TPSA) is 61.6 Å². The molecule has 2 heterocycles. The molecule has 0 radical (unpaired) electrons. The van der Waals surface area contributed by atoms with E-state index < -0.39 is 0 Å². The van der Waals surface area contributed by atoms with Gasteiger partial charge in [0.05, 0.1) is 5.56 Å². The first kappa shape index (κ1) is 12.1. The lowest BCUT2D eigenvalue weighted by Crippen LogP contribution is -1.99. The minimum atomic E-state index is 0.563. The molecule has 1 N–H and O–H groups in total. The van der Waals surface area contributed by atoms with Crippen LogP contribution in [-0.2, 0) is 0 Å². The summed E-state index contributed by atoms with van der Waals surface area (Å²) >= 11 is 0. The van der Waals surface area contributed by atoms with Crippen LogP contribution in [0.2, 0.25) is 0 Å². The highest BCUT2D eigenvalue weighted by Crippen LogP contribution is 2.26. The third-order valence-corrected chi connectivity index (χ3v) is 3.21.